The number of halogens is 1. The van der Waals surface area contributed by atoms with E-state index in [4.69, 9.17) is 4.74 Å². The Balaban J connectivity index is 1.48. The second-order valence-electron chi connectivity index (χ2n) is 8.13. The van der Waals surface area contributed by atoms with Gasteiger partial charge in [0, 0.05) is 17.8 Å². The fourth-order valence-electron chi connectivity index (χ4n) is 3.57. The quantitative estimate of drug-likeness (QED) is 0.183. The Hall–Kier alpha value is -4.84. The van der Waals surface area contributed by atoms with Gasteiger partial charge in [-0.3, -0.25) is 29.8 Å². The molecule has 0 saturated carbocycles. The molecule has 2 N–H and O–H groups in total. The number of hydrogen-bond acceptors (Lipinski definition) is 7. The molecule has 11 nitrogen and oxygen atoms in total. The summed E-state index contributed by atoms with van der Waals surface area (Å²) in [5, 5.41) is 15.7. The Kier molecular flexibility index (Phi) is 7.63. The van der Waals surface area contributed by atoms with E-state index < -0.39 is 22.8 Å². The van der Waals surface area contributed by atoms with Crippen LogP contribution in [0.2, 0.25) is 0 Å². The summed E-state index contributed by atoms with van der Waals surface area (Å²) >= 11 is 3.35. The van der Waals surface area contributed by atoms with Crippen molar-refractivity contribution in [2.75, 3.05) is 16.8 Å². The molecule has 0 unspecified atom stereocenters. The van der Waals surface area contributed by atoms with E-state index in [0.29, 0.717) is 21.5 Å². The van der Waals surface area contributed by atoms with Crippen LogP contribution in [0.15, 0.2) is 76.8 Å². The van der Waals surface area contributed by atoms with Crippen molar-refractivity contribution in [3.63, 3.8) is 0 Å². The van der Waals surface area contributed by atoms with Gasteiger partial charge in [-0.05, 0) is 76.5 Å². The fourth-order valence-corrected chi connectivity index (χ4v) is 4.08. The lowest BCUT2D eigenvalue weighted by atomic mass is 10.1. The summed E-state index contributed by atoms with van der Waals surface area (Å²) in [6, 6.07) is 15.8. The average molecular weight is 579 g/mol. The SMILES string of the molecule is Cc1cccc(NC(=O)COc2ccc(/C=C3\C(=O)NC(=O)N(c4ccc([N+](=O)[O-])cc4)C3=O)cc2Br)c1. The number of barbiturate groups is 1. The van der Waals surface area contributed by atoms with Gasteiger partial charge in [0.25, 0.3) is 23.4 Å². The number of benzene rings is 3. The van der Waals surface area contributed by atoms with Crippen LogP contribution in [-0.2, 0) is 14.4 Å². The Labute approximate surface area is 224 Å². The van der Waals surface area contributed by atoms with E-state index in [9.17, 15) is 29.3 Å². The van der Waals surface area contributed by atoms with E-state index in [1.54, 1.807) is 24.3 Å². The lowest BCUT2D eigenvalue weighted by molar-refractivity contribution is -0.384. The number of nitro groups is 1. The van der Waals surface area contributed by atoms with Crippen molar-refractivity contribution in [1.82, 2.24) is 5.32 Å². The number of anilines is 2. The number of amides is 5. The van der Waals surface area contributed by atoms with Crippen LogP contribution >= 0.6 is 15.9 Å². The fraction of sp³-hybridized carbons (Fsp3) is 0.0769. The first kappa shape index (κ1) is 26.2. The average Bonchev–Trinajstić information content (AvgIpc) is 2.86. The van der Waals surface area contributed by atoms with Gasteiger partial charge in [-0.15, -0.1) is 0 Å². The summed E-state index contributed by atoms with van der Waals surface area (Å²) in [7, 11) is 0. The predicted molar refractivity (Wildman–Crippen MR) is 142 cm³/mol. The lowest BCUT2D eigenvalue weighted by Gasteiger charge is -2.26. The summed E-state index contributed by atoms with van der Waals surface area (Å²) in [5.41, 5.74) is 1.61. The number of nitrogens with one attached hydrogen (secondary N) is 2. The predicted octanol–water partition coefficient (Wildman–Crippen LogP) is 4.35. The molecule has 0 spiro atoms. The summed E-state index contributed by atoms with van der Waals surface area (Å²) in [4.78, 5) is 61.0. The van der Waals surface area contributed by atoms with Gasteiger partial charge in [-0.25, -0.2) is 9.69 Å². The molecule has 0 aromatic heterocycles. The molecule has 0 aliphatic carbocycles. The molecular weight excluding hydrogens is 560 g/mol. The normalized spacial score (nSPS) is 14.3. The minimum atomic E-state index is -0.972. The topological polar surface area (TPSA) is 148 Å². The van der Waals surface area contributed by atoms with Crippen molar-refractivity contribution in [2.24, 2.45) is 0 Å². The van der Waals surface area contributed by atoms with Crippen LogP contribution in [0.3, 0.4) is 0 Å². The minimum absolute atomic E-state index is 0.0605. The highest BCUT2D eigenvalue weighted by Gasteiger charge is 2.37. The molecule has 5 amide bonds. The summed E-state index contributed by atoms with van der Waals surface area (Å²) in [6.45, 7) is 1.66. The number of nitro benzene ring substituents is 1. The molecule has 3 aromatic rings. The third-order valence-electron chi connectivity index (χ3n) is 5.35. The Morgan fingerprint density at radius 1 is 1.11 bits per heavy atom. The minimum Gasteiger partial charge on any atom is -0.483 e. The molecule has 4 rings (SSSR count). The molecule has 1 aliphatic rings. The van der Waals surface area contributed by atoms with Gasteiger partial charge >= 0.3 is 6.03 Å². The second kappa shape index (κ2) is 11.0. The highest BCUT2D eigenvalue weighted by Crippen LogP contribution is 2.29. The van der Waals surface area contributed by atoms with Gasteiger partial charge < -0.3 is 10.1 Å². The maximum Gasteiger partial charge on any atom is 0.335 e. The van der Waals surface area contributed by atoms with Gasteiger partial charge in [0.2, 0.25) is 0 Å². The second-order valence-corrected chi connectivity index (χ2v) is 8.98. The van der Waals surface area contributed by atoms with Crippen molar-refractivity contribution < 1.29 is 28.8 Å². The molecule has 1 heterocycles. The Morgan fingerprint density at radius 3 is 2.50 bits per heavy atom. The van der Waals surface area contributed by atoms with Gasteiger partial charge in [-0.1, -0.05) is 18.2 Å². The van der Waals surface area contributed by atoms with Crippen LogP contribution in [0.25, 0.3) is 6.08 Å². The molecule has 192 valence electrons. The summed E-state index contributed by atoms with van der Waals surface area (Å²) < 4.78 is 6.04. The first-order valence-electron chi connectivity index (χ1n) is 11.1. The number of imide groups is 2. The van der Waals surface area contributed by atoms with E-state index in [0.717, 1.165) is 22.6 Å². The van der Waals surface area contributed by atoms with E-state index in [1.807, 2.05) is 25.1 Å². The number of carbonyl (C=O) groups excluding carboxylic acids is 4. The van der Waals surface area contributed by atoms with Gasteiger partial charge in [0.15, 0.2) is 6.61 Å². The van der Waals surface area contributed by atoms with Crippen LogP contribution < -0.4 is 20.3 Å². The number of aryl methyl sites for hydroxylation is 1. The third kappa shape index (κ3) is 5.93. The zero-order valence-electron chi connectivity index (χ0n) is 19.8. The zero-order chi connectivity index (χ0) is 27.4. The molecule has 1 aliphatic heterocycles. The Bertz CT molecular complexity index is 1500. The highest BCUT2D eigenvalue weighted by atomic mass is 79.9. The van der Waals surface area contributed by atoms with Crippen LogP contribution in [0, 0.1) is 17.0 Å². The molecule has 1 saturated heterocycles. The van der Waals surface area contributed by atoms with Crippen molar-refractivity contribution in [3.05, 3.63) is 98.0 Å². The van der Waals surface area contributed by atoms with Gasteiger partial charge in [-0.2, -0.15) is 0 Å². The van der Waals surface area contributed by atoms with Crippen molar-refractivity contribution in [3.8, 4) is 5.75 Å². The Morgan fingerprint density at radius 2 is 1.84 bits per heavy atom. The first-order chi connectivity index (χ1) is 18.1. The monoisotopic (exact) mass is 578 g/mol. The summed E-state index contributed by atoms with van der Waals surface area (Å²) in [5.74, 6) is -1.78. The number of urea groups is 1. The van der Waals surface area contributed by atoms with Gasteiger partial charge in [0.05, 0.1) is 15.1 Å². The van der Waals surface area contributed by atoms with Crippen LogP contribution in [0.1, 0.15) is 11.1 Å². The maximum absolute atomic E-state index is 13.0. The number of hydrogen-bond donors (Lipinski definition) is 2. The van der Waals surface area contributed by atoms with Crippen LogP contribution in [0.5, 0.6) is 5.75 Å². The number of rotatable bonds is 7. The van der Waals surface area contributed by atoms with Crippen LogP contribution in [-0.4, -0.2) is 35.3 Å². The molecule has 3 aromatic carbocycles. The van der Waals surface area contributed by atoms with Gasteiger partial charge in [0.1, 0.15) is 11.3 Å². The molecule has 0 bridgehead atoms. The smallest absolute Gasteiger partial charge is 0.335 e. The number of nitrogens with zero attached hydrogens (tertiary/aromatic N) is 2. The maximum atomic E-state index is 13.0. The largest absolute Gasteiger partial charge is 0.483 e. The number of ether oxygens (including phenoxy) is 1. The number of carbonyl (C=O) groups is 4. The number of non-ortho nitro benzene ring substituents is 1. The molecular formula is C26H19BrN4O7. The van der Waals surface area contributed by atoms with Crippen molar-refractivity contribution in [1.29, 1.82) is 0 Å². The highest BCUT2D eigenvalue weighted by molar-refractivity contribution is 9.10. The standard InChI is InChI=1S/C26H19BrN4O7/c1-15-3-2-4-17(11-15)28-23(32)14-38-22-10-5-16(13-21(22)27)12-20-24(33)29-26(35)30(25(20)34)18-6-8-19(9-7-18)31(36)37/h2-13H,14H2,1H3,(H,28,32)(H,29,33,35)/b20-12+. The summed E-state index contributed by atoms with van der Waals surface area (Å²) in [6.07, 6.45) is 1.29. The zero-order valence-corrected chi connectivity index (χ0v) is 21.4. The molecule has 38 heavy (non-hydrogen) atoms. The molecule has 12 heteroatoms. The molecule has 0 atom stereocenters. The van der Waals surface area contributed by atoms with E-state index in [2.05, 4.69) is 26.6 Å². The van der Waals surface area contributed by atoms with Crippen molar-refractivity contribution >= 4 is 62.8 Å². The lowest BCUT2D eigenvalue weighted by Crippen LogP contribution is -2.54. The van der Waals surface area contributed by atoms with E-state index in [1.165, 1.54) is 18.2 Å². The van der Waals surface area contributed by atoms with Crippen LogP contribution in [0.4, 0.5) is 21.9 Å². The van der Waals surface area contributed by atoms with E-state index in [-0.39, 0.29) is 29.5 Å². The molecule has 1 fully saturated rings. The van der Waals surface area contributed by atoms with E-state index >= 15 is 0 Å². The molecule has 0 radical (unpaired) electrons. The van der Waals surface area contributed by atoms with Crippen molar-refractivity contribution in [2.45, 2.75) is 6.92 Å². The first-order valence-corrected chi connectivity index (χ1v) is 11.9. The third-order valence-corrected chi connectivity index (χ3v) is 5.97.